The maximum absolute atomic E-state index is 4.96. The molecule has 1 aromatic carbocycles. The highest BCUT2D eigenvalue weighted by Crippen LogP contribution is 2.11. The van der Waals surface area contributed by atoms with Crippen molar-refractivity contribution in [3.05, 3.63) is 24.4 Å². The van der Waals surface area contributed by atoms with Crippen LogP contribution in [0.15, 0.2) is 29.3 Å². The van der Waals surface area contributed by atoms with Crippen LogP contribution in [0, 0.1) is 0 Å². The van der Waals surface area contributed by atoms with E-state index < -0.39 is 0 Å². The molecule has 0 bridgehead atoms. The number of aromatic amines is 1. The summed E-state index contributed by atoms with van der Waals surface area (Å²) >= 11 is 4.96. The van der Waals surface area contributed by atoms with Gasteiger partial charge in [0.1, 0.15) is 0 Å². The van der Waals surface area contributed by atoms with Gasteiger partial charge >= 0.3 is 0 Å². The number of hydrogen-bond acceptors (Lipinski definition) is 2. The van der Waals surface area contributed by atoms with Crippen LogP contribution >= 0.6 is 0 Å². The molecule has 0 radical (unpaired) electrons. The molecule has 1 heterocycles. The Morgan fingerprint density at radius 2 is 2.30 bits per heavy atom. The quantitative estimate of drug-likeness (QED) is 0.574. The third-order valence-corrected chi connectivity index (χ3v) is 1.67. The molecular weight excluding hydrogens is 144 g/mol. The summed E-state index contributed by atoms with van der Waals surface area (Å²) in [6, 6.07) is 5.74. The fourth-order valence-corrected chi connectivity index (χ4v) is 1.12. The van der Waals surface area contributed by atoms with E-state index in [-0.39, 0.29) is 0 Å². The van der Waals surface area contributed by atoms with Gasteiger partial charge in [0, 0.05) is 5.39 Å². The lowest BCUT2D eigenvalue weighted by molar-refractivity contribution is 1.12. The largest absolute Gasteiger partial charge is 0.780 e. The van der Waals surface area contributed by atoms with E-state index in [1.54, 1.807) is 6.20 Å². The summed E-state index contributed by atoms with van der Waals surface area (Å²) in [4.78, 5) is 0.855. The van der Waals surface area contributed by atoms with Gasteiger partial charge in [0.2, 0.25) is 0 Å². The molecular formula is C7H5N2S-. The molecule has 2 nitrogen and oxygen atoms in total. The standard InChI is InChI=1S/C7H6N2S/c10-6-1-2-7-5(3-6)4-8-9-7/h1-4,10H,(H,8,9)/p-1. The third-order valence-electron chi connectivity index (χ3n) is 1.41. The van der Waals surface area contributed by atoms with Gasteiger partial charge in [0.15, 0.2) is 0 Å². The number of benzene rings is 1. The van der Waals surface area contributed by atoms with Crippen molar-refractivity contribution >= 4 is 23.5 Å². The number of aromatic nitrogens is 2. The smallest absolute Gasteiger partial charge is 0.0649 e. The van der Waals surface area contributed by atoms with Gasteiger partial charge in [-0.25, -0.2) is 0 Å². The number of rotatable bonds is 0. The first-order chi connectivity index (χ1) is 4.86. The maximum atomic E-state index is 4.96. The summed E-state index contributed by atoms with van der Waals surface area (Å²) in [5, 5.41) is 7.80. The molecule has 50 valence electrons. The first kappa shape index (κ1) is 5.68. The SMILES string of the molecule is [S-]c1ccc2[nH]ncc2c1. The predicted octanol–water partition coefficient (Wildman–Crippen LogP) is 1.47. The van der Waals surface area contributed by atoms with Gasteiger partial charge in [-0.05, 0) is 6.07 Å². The number of nitrogens with zero attached hydrogens (tertiary/aromatic N) is 1. The first-order valence-corrected chi connectivity index (χ1v) is 3.37. The molecule has 0 fully saturated rings. The van der Waals surface area contributed by atoms with Crippen molar-refractivity contribution in [3.8, 4) is 0 Å². The molecule has 0 aliphatic rings. The fraction of sp³-hybridized carbons (Fsp3) is 0. The van der Waals surface area contributed by atoms with E-state index in [9.17, 15) is 0 Å². The van der Waals surface area contributed by atoms with Crippen LogP contribution in [-0.2, 0) is 12.6 Å². The molecule has 2 rings (SSSR count). The van der Waals surface area contributed by atoms with Crippen LogP contribution in [0.3, 0.4) is 0 Å². The van der Waals surface area contributed by atoms with Crippen LogP contribution in [0.2, 0.25) is 0 Å². The monoisotopic (exact) mass is 149 g/mol. The molecule has 0 unspecified atom stereocenters. The number of nitrogens with one attached hydrogen (secondary N) is 1. The Labute approximate surface area is 63.7 Å². The van der Waals surface area contributed by atoms with Crippen LogP contribution in [0.1, 0.15) is 0 Å². The van der Waals surface area contributed by atoms with Crippen LogP contribution in [0.25, 0.3) is 10.9 Å². The minimum absolute atomic E-state index is 0.855. The Balaban J connectivity index is 2.86. The summed E-state index contributed by atoms with van der Waals surface area (Å²) in [5.41, 5.74) is 1.04. The average Bonchev–Trinajstić information content (AvgIpc) is 2.33. The second-order valence-electron chi connectivity index (χ2n) is 2.12. The average molecular weight is 149 g/mol. The molecule has 0 atom stereocenters. The Bertz CT molecular complexity index is 353. The van der Waals surface area contributed by atoms with Crippen LogP contribution in [0.5, 0.6) is 0 Å². The molecule has 2 aromatic rings. The highest BCUT2D eigenvalue weighted by molar-refractivity contribution is 7.58. The second kappa shape index (κ2) is 1.95. The number of hydrogen-bond donors (Lipinski definition) is 1. The van der Waals surface area contributed by atoms with E-state index in [0.717, 1.165) is 15.8 Å². The summed E-state index contributed by atoms with van der Waals surface area (Å²) < 4.78 is 0. The molecule has 1 N–H and O–H groups in total. The third kappa shape index (κ3) is 0.752. The van der Waals surface area contributed by atoms with Crippen molar-refractivity contribution in [2.75, 3.05) is 0 Å². The van der Waals surface area contributed by atoms with Gasteiger partial charge in [0.25, 0.3) is 0 Å². The van der Waals surface area contributed by atoms with Crippen molar-refractivity contribution in [3.63, 3.8) is 0 Å². The predicted molar refractivity (Wildman–Crippen MR) is 41.7 cm³/mol. The van der Waals surface area contributed by atoms with Crippen molar-refractivity contribution in [2.45, 2.75) is 4.90 Å². The molecule has 1 aromatic heterocycles. The summed E-state index contributed by atoms with van der Waals surface area (Å²) in [7, 11) is 0. The van der Waals surface area contributed by atoms with Gasteiger partial charge < -0.3 is 12.6 Å². The Morgan fingerprint density at radius 1 is 1.40 bits per heavy atom. The van der Waals surface area contributed by atoms with Gasteiger partial charge in [-0.1, -0.05) is 12.1 Å². The van der Waals surface area contributed by atoms with Crippen molar-refractivity contribution < 1.29 is 0 Å². The van der Waals surface area contributed by atoms with Crippen molar-refractivity contribution in [2.24, 2.45) is 0 Å². The van der Waals surface area contributed by atoms with Crippen LogP contribution in [0.4, 0.5) is 0 Å². The van der Waals surface area contributed by atoms with E-state index in [0.29, 0.717) is 0 Å². The minimum atomic E-state index is 0.855. The van der Waals surface area contributed by atoms with Crippen LogP contribution < -0.4 is 0 Å². The van der Waals surface area contributed by atoms with Crippen molar-refractivity contribution in [1.29, 1.82) is 0 Å². The molecule has 0 saturated heterocycles. The molecule has 0 spiro atoms. The molecule has 0 aliphatic heterocycles. The molecule has 0 aliphatic carbocycles. The lowest BCUT2D eigenvalue weighted by Crippen LogP contribution is -1.69. The minimum Gasteiger partial charge on any atom is -0.780 e. The molecule has 0 saturated carbocycles. The zero-order valence-electron chi connectivity index (χ0n) is 5.16. The van der Waals surface area contributed by atoms with E-state index >= 15 is 0 Å². The molecule has 10 heavy (non-hydrogen) atoms. The van der Waals surface area contributed by atoms with E-state index in [4.69, 9.17) is 12.6 Å². The zero-order chi connectivity index (χ0) is 6.97. The van der Waals surface area contributed by atoms with Gasteiger partial charge in [-0.2, -0.15) is 9.99 Å². The highest BCUT2D eigenvalue weighted by Gasteiger charge is 1.89. The normalized spacial score (nSPS) is 10.4. The maximum Gasteiger partial charge on any atom is 0.0649 e. The number of H-pyrrole nitrogens is 1. The number of fused-ring (bicyclic) bond motifs is 1. The Hall–Kier alpha value is -1.09. The highest BCUT2D eigenvalue weighted by atomic mass is 32.1. The van der Waals surface area contributed by atoms with Crippen LogP contribution in [-0.4, -0.2) is 10.2 Å². The van der Waals surface area contributed by atoms with Crippen molar-refractivity contribution in [1.82, 2.24) is 10.2 Å². The lowest BCUT2D eigenvalue weighted by atomic mass is 10.3. The van der Waals surface area contributed by atoms with Gasteiger partial charge in [0.05, 0.1) is 11.7 Å². The van der Waals surface area contributed by atoms with Gasteiger partial charge in [-0.3, -0.25) is 5.10 Å². The lowest BCUT2D eigenvalue weighted by Gasteiger charge is -2.01. The Kier molecular flexibility index (Phi) is 1.11. The molecule has 0 amide bonds. The Morgan fingerprint density at radius 3 is 3.20 bits per heavy atom. The summed E-state index contributed by atoms with van der Waals surface area (Å²) in [6.45, 7) is 0. The topological polar surface area (TPSA) is 28.7 Å². The summed E-state index contributed by atoms with van der Waals surface area (Å²) in [6.07, 6.45) is 1.77. The fourth-order valence-electron chi connectivity index (χ4n) is 0.921. The second-order valence-corrected chi connectivity index (χ2v) is 2.59. The molecule has 3 heteroatoms. The first-order valence-electron chi connectivity index (χ1n) is 2.96. The van der Waals surface area contributed by atoms with E-state index in [1.165, 1.54) is 0 Å². The summed E-state index contributed by atoms with van der Waals surface area (Å²) in [5.74, 6) is 0. The zero-order valence-corrected chi connectivity index (χ0v) is 5.98. The van der Waals surface area contributed by atoms with E-state index in [2.05, 4.69) is 10.2 Å². The van der Waals surface area contributed by atoms with E-state index in [1.807, 2.05) is 18.2 Å². The van der Waals surface area contributed by atoms with Gasteiger partial charge in [-0.15, -0.1) is 0 Å².